The predicted octanol–water partition coefficient (Wildman–Crippen LogP) is 4.02. The Labute approximate surface area is 189 Å². The maximum absolute atomic E-state index is 12.5. The molecule has 33 heavy (non-hydrogen) atoms. The Morgan fingerprint density at radius 3 is 2.64 bits per heavy atom. The number of allylic oxidation sites excluding steroid dienone is 1. The number of nitrogens with zero attached hydrogens (tertiary/aromatic N) is 3. The lowest BCUT2D eigenvalue weighted by atomic mass is 10.1. The molecule has 2 aromatic carbocycles. The van der Waals surface area contributed by atoms with Crippen LogP contribution in [0, 0.1) is 15.5 Å². The largest absolute Gasteiger partial charge is 0.490 e. The van der Waals surface area contributed by atoms with Gasteiger partial charge in [-0.2, -0.15) is 4.99 Å². The number of benzene rings is 2. The molecule has 0 saturated carbocycles. The average Bonchev–Trinajstić information content (AvgIpc) is 3.16. The minimum Gasteiger partial charge on any atom is -0.490 e. The van der Waals surface area contributed by atoms with Crippen LogP contribution in [-0.4, -0.2) is 34.2 Å². The van der Waals surface area contributed by atoms with E-state index in [2.05, 4.69) is 4.99 Å². The molecule has 1 amide bonds. The molecule has 0 saturated heterocycles. The maximum atomic E-state index is 12.5. The van der Waals surface area contributed by atoms with Gasteiger partial charge in [-0.15, -0.1) is 5.06 Å². The molecule has 1 N–H and O–H groups in total. The number of amides is 1. The maximum Gasteiger partial charge on any atom is 0.282 e. The van der Waals surface area contributed by atoms with Crippen molar-refractivity contribution in [2.45, 2.75) is 20.5 Å². The van der Waals surface area contributed by atoms with Crippen LogP contribution in [-0.2, 0) is 16.2 Å². The lowest BCUT2D eigenvalue weighted by Gasteiger charge is -2.23. The van der Waals surface area contributed by atoms with Gasteiger partial charge >= 0.3 is 0 Å². The SMILES string of the molecule is CCOc1cc(/C=C2\C(=N)N3OC(C)=CC3=NC2=O)ccc1OCc1ccc([N+](=O)[O-])cc1. The van der Waals surface area contributed by atoms with Gasteiger partial charge in [-0.3, -0.25) is 20.3 Å². The first-order chi connectivity index (χ1) is 15.9. The smallest absolute Gasteiger partial charge is 0.282 e. The summed E-state index contributed by atoms with van der Waals surface area (Å²) >= 11 is 0. The van der Waals surface area contributed by atoms with Gasteiger partial charge in [0.05, 0.1) is 17.1 Å². The van der Waals surface area contributed by atoms with Crippen molar-refractivity contribution in [2.75, 3.05) is 6.61 Å². The summed E-state index contributed by atoms with van der Waals surface area (Å²) < 4.78 is 11.5. The minimum atomic E-state index is -0.530. The Kier molecular flexibility index (Phi) is 5.90. The van der Waals surface area contributed by atoms with E-state index in [9.17, 15) is 14.9 Å². The minimum absolute atomic E-state index is 0.00991. The molecule has 2 heterocycles. The highest BCUT2D eigenvalue weighted by Gasteiger charge is 2.34. The molecule has 2 aliphatic heterocycles. The van der Waals surface area contributed by atoms with Gasteiger partial charge in [0.1, 0.15) is 12.4 Å². The molecule has 10 nitrogen and oxygen atoms in total. The van der Waals surface area contributed by atoms with Crippen LogP contribution in [0.2, 0.25) is 0 Å². The van der Waals surface area contributed by atoms with Gasteiger partial charge in [-0.25, -0.2) is 0 Å². The van der Waals surface area contributed by atoms with Crippen LogP contribution in [0.3, 0.4) is 0 Å². The number of nitrogens with one attached hydrogen (secondary N) is 1. The first-order valence-corrected chi connectivity index (χ1v) is 10.1. The fourth-order valence-corrected chi connectivity index (χ4v) is 3.24. The number of ether oxygens (including phenoxy) is 2. The van der Waals surface area contributed by atoms with Crippen molar-refractivity contribution in [1.29, 1.82) is 5.41 Å². The Hall–Kier alpha value is -4.47. The molecular weight excluding hydrogens is 428 g/mol. The van der Waals surface area contributed by atoms with Crippen LogP contribution in [0.1, 0.15) is 25.0 Å². The second-order valence-electron chi connectivity index (χ2n) is 7.17. The molecule has 0 bridgehead atoms. The molecule has 0 radical (unpaired) electrons. The molecular formula is C23H20N4O6. The number of hydrogen-bond acceptors (Lipinski definition) is 7. The standard InChI is InChI=1S/C23H20N4O6/c1-3-31-20-12-16(11-18-22(24)26-21(25-23(18)28)10-14(2)33-26)6-9-19(20)32-13-15-4-7-17(8-5-15)27(29)30/h4-12,24H,3,13H2,1-2H3/b18-11+,24-22?. The van der Waals surface area contributed by atoms with Crippen molar-refractivity contribution in [3.05, 3.63) is 81.1 Å². The molecule has 0 atom stereocenters. The average molecular weight is 448 g/mol. The van der Waals surface area contributed by atoms with Gasteiger partial charge in [0.15, 0.2) is 23.2 Å². The zero-order valence-corrected chi connectivity index (χ0v) is 17.9. The summed E-state index contributed by atoms with van der Waals surface area (Å²) in [7, 11) is 0. The van der Waals surface area contributed by atoms with Crippen molar-refractivity contribution < 1.29 is 24.0 Å². The van der Waals surface area contributed by atoms with Gasteiger partial charge in [0, 0.05) is 18.2 Å². The molecule has 10 heteroatoms. The van der Waals surface area contributed by atoms with E-state index in [0.29, 0.717) is 29.4 Å². The predicted molar refractivity (Wildman–Crippen MR) is 120 cm³/mol. The number of hydroxylamine groups is 2. The highest BCUT2D eigenvalue weighted by Crippen LogP contribution is 2.31. The normalized spacial score (nSPS) is 16.2. The number of hydrogen-bond donors (Lipinski definition) is 1. The Morgan fingerprint density at radius 2 is 1.94 bits per heavy atom. The van der Waals surface area contributed by atoms with Gasteiger partial charge in [0.25, 0.3) is 11.6 Å². The number of rotatable bonds is 7. The Morgan fingerprint density at radius 1 is 1.18 bits per heavy atom. The topological polar surface area (TPSA) is 127 Å². The molecule has 0 fully saturated rings. The molecule has 0 unspecified atom stereocenters. The van der Waals surface area contributed by atoms with E-state index in [4.69, 9.17) is 19.7 Å². The monoisotopic (exact) mass is 448 g/mol. The summed E-state index contributed by atoms with van der Waals surface area (Å²) in [5.74, 6) is 1.13. The lowest BCUT2D eigenvalue weighted by molar-refractivity contribution is -0.384. The third-order valence-electron chi connectivity index (χ3n) is 4.80. The van der Waals surface area contributed by atoms with E-state index >= 15 is 0 Å². The molecule has 2 aromatic rings. The summed E-state index contributed by atoms with van der Waals surface area (Å²) in [6, 6.07) is 11.2. The Balaban J connectivity index is 1.54. The number of nitro groups is 1. The highest BCUT2D eigenvalue weighted by atomic mass is 16.7. The van der Waals surface area contributed by atoms with Gasteiger partial charge in [-0.1, -0.05) is 6.07 Å². The van der Waals surface area contributed by atoms with E-state index in [-0.39, 0.29) is 29.5 Å². The van der Waals surface area contributed by atoms with Crippen molar-refractivity contribution in [3.8, 4) is 11.5 Å². The van der Waals surface area contributed by atoms with E-state index in [1.165, 1.54) is 17.2 Å². The highest BCUT2D eigenvalue weighted by molar-refractivity contribution is 6.32. The summed E-state index contributed by atoms with van der Waals surface area (Å²) in [6.45, 7) is 4.13. The van der Waals surface area contributed by atoms with Crippen LogP contribution in [0.15, 0.2) is 64.9 Å². The lowest BCUT2D eigenvalue weighted by Crippen LogP contribution is -2.38. The molecule has 2 aliphatic rings. The van der Waals surface area contributed by atoms with E-state index < -0.39 is 10.8 Å². The third-order valence-corrected chi connectivity index (χ3v) is 4.80. The summed E-state index contributed by atoms with van der Waals surface area (Å²) in [4.78, 5) is 32.2. The molecule has 4 rings (SSSR count). The van der Waals surface area contributed by atoms with E-state index in [1.807, 2.05) is 6.92 Å². The molecule has 0 spiro atoms. The number of aliphatic imine (C=N–C) groups is 1. The van der Waals surface area contributed by atoms with Crippen LogP contribution in [0.25, 0.3) is 6.08 Å². The number of carbonyl (C=O) groups excluding carboxylic acids is 1. The van der Waals surface area contributed by atoms with Crippen molar-refractivity contribution in [2.24, 2.45) is 4.99 Å². The number of nitro benzene ring substituents is 1. The molecule has 0 aromatic heterocycles. The van der Waals surface area contributed by atoms with Crippen molar-refractivity contribution >= 4 is 29.3 Å². The van der Waals surface area contributed by atoms with Crippen LogP contribution in [0.4, 0.5) is 5.69 Å². The summed E-state index contributed by atoms with van der Waals surface area (Å²) in [5.41, 5.74) is 1.48. The van der Waals surface area contributed by atoms with Crippen molar-refractivity contribution in [1.82, 2.24) is 5.06 Å². The van der Waals surface area contributed by atoms with Gasteiger partial charge in [0.2, 0.25) is 0 Å². The van der Waals surface area contributed by atoms with Crippen LogP contribution >= 0.6 is 0 Å². The van der Waals surface area contributed by atoms with Gasteiger partial charge in [-0.05, 0) is 55.3 Å². The van der Waals surface area contributed by atoms with Crippen LogP contribution < -0.4 is 9.47 Å². The number of amidine groups is 2. The first kappa shape index (κ1) is 21.8. The molecule has 0 aliphatic carbocycles. The quantitative estimate of drug-likeness (QED) is 0.385. The zero-order chi connectivity index (χ0) is 23.5. The first-order valence-electron chi connectivity index (χ1n) is 10.1. The summed E-state index contributed by atoms with van der Waals surface area (Å²) in [5, 5.41) is 20.3. The summed E-state index contributed by atoms with van der Waals surface area (Å²) in [6.07, 6.45) is 3.14. The number of fused-ring (bicyclic) bond motifs is 1. The second-order valence-corrected chi connectivity index (χ2v) is 7.17. The van der Waals surface area contributed by atoms with Crippen molar-refractivity contribution in [3.63, 3.8) is 0 Å². The van der Waals surface area contributed by atoms with E-state index in [0.717, 1.165) is 5.56 Å². The number of non-ortho nitro benzene ring substituents is 1. The van der Waals surface area contributed by atoms with Crippen LogP contribution in [0.5, 0.6) is 11.5 Å². The van der Waals surface area contributed by atoms with Gasteiger partial charge < -0.3 is 14.3 Å². The fourth-order valence-electron chi connectivity index (χ4n) is 3.24. The zero-order valence-electron chi connectivity index (χ0n) is 17.9. The second kappa shape index (κ2) is 8.95. The van der Waals surface area contributed by atoms with E-state index in [1.54, 1.807) is 49.4 Å². The number of carbonyl (C=O) groups is 1. The molecule has 168 valence electrons. The third kappa shape index (κ3) is 4.59. The Bertz CT molecular complexity index is 1230. The fraction of sp³-hybridized carbons (Fsp3) is 0.174.